The summed E-state index contributed by atoms with van der Waals surface area (Å²) < 4.78 is 1.52. The molecule has 1 aliphatic carbocycles. The molecule has 1 saturated carbocycles. The van der Waals surface area contributed by atoms with Gasteiger partial charge in [0.1, 0.15) is 5.82 Å². The van der Waals surface area contributed by atoms with Crippen molar-refractivity contribution in [3.05, 3.63) is 40.2 Å². The van der Waals surface area contributed by atoms with Gasteiger partial charge in [0.15, 0.2) is 5.82 Å². The number of nitrogen functional groups attached to an aromatic ring is 1. The molecule has 0 bridgehead atoms. The van der Waals surface area contributed by atoms with E-state index in [1.807, 2.05) is 6.07 Å². The minimum atomic E-state index is -0.493. The quantitative estimate of drug-likeness (QED) is 0.654. The Morgan fingerprint density at radius 2 is 2.22 bits per heavy atom. The van der Waals surface area contributed by atoms with Gasteiger partial charge in [-0.3, -0.25) is 10.1 Å². The van der Waals surface area contributed by atoms with E-state index in [1.54, 1.807) is 6.20 Å². The highest BCUT2D eigenvalue weighted by atomic mass is 16.6. The number of aromatic nitrogens is 3. The van der Waals surface area contributed by atoms with Crippen molar-refractivity contribution >= 4 is 11.5 Å². The van der Waals surface area contributed by atoms with Crippen LogP contribution in [-0.4, -0.2) is 19.7 Å². The maximum Gasteiger partial charge on any atom is 0.276 e. The second kappa shape index (κ2) is 3.80. The van der Waals surface area contributed by atoms with Crippen LogP contribution in [-0.2, 0) is 0 Å². The lowest BCUT2D eigenvalue weighted by Crippen LogP contribution is -2.03. The van der Waals surface area contributed by atoms with Crippen LogP contribution in [0.3, 0.4) is 0 Å². The molecular weight excluding hydrogens is 234 g/mol. The molecule has 2 aromatic rings. The van der Waals surface area contributed by atoms with Gasteiger partial charge in [0.25, 0.3) is 5.69 Å². The van der Waals surface area contributed by atoms with Gasteiger partial charge < -0.3 is 5.73 Å². The highest BCUT2D eigenvalue weighted by Gasteiger charge is 2.26. The van der Waals surface area contributed by atoms with Crippen LogP contribution in [0.1, 0.15) is 24.5 Å². The summed E-state index contributed by atoms with van der Waals surface area (Å²) in [5.74, 6) is 1.01. The number of hydrogen-bond acceptors (Lipinski definition) is 5. The number of rotatable bonds is 3. The molecule has 7 heteroatoms. The van der Waals surface area contributed by atoms with Crippen molar-refractivity contribution in [2.75, 3.05) is 5.73 Å². The number of anilines is 1. The Kier molecular flexibility index (Phi) is 2.26. The molecule has 0 aliphatic heterocycles. The minimum absolute atomic E-state index is 0.0824. The summed E-state index contributed by atoms with van der Waals surface area (Å²) in [6.45, 7) is 0. The average Bonchev–Trinajstić information content (AvgIpc) is 3.06. The molecule has 92 valence electrons. The molecule has 0 radical (unpaired) electrons. The highest BCUT2D eigenvalue weighted by Crippen LogP contribution is 2.39. The Morgan fingerprint density at radius 3 is 2.89 bits per heavy atom. The fourth-order valence-electron chi connectivity index (χ4n) is 1.81. The third-order valence-corrected chi connectivity index (χ3v) is 2.87. The van der Waals surface area contributed by atoms with Crippen molar-refractivity contribution < 1.29 is 4.92 Å². The van der Waals surface area contributed by atoms with Crippen LogP contribution in [0.25, 0.3) is 5.82 Å². The zero-order valence-electron chi connectivity index (χ0n) is 9.48. The molecule has 2 N–H and O–H groups in total. The van der Waals surface area contributed by atoms with Gasteiger partial charge in [-0.05, 0) is 18.9 Å². The number of hydrogen-bond donors (Lipinski definition) is 1. The molecule has 0 aromatic carbocycles. The molecule has 0 atom stereocenters. The van der Waals surface area contributed by atoms with Crippen LogP contribution < -0.4 is 5.73 Å². The van der Waals surface area contributed by atoms with Crippen molar-refractivity contribution in [2.24, 2.45) is 0 Å². The van der Waals surface area contributed by atoms with Crippen molar-refractivity contribution in [1.82, 2.24) is 14.8 Å². The summed E-state index contributed by atoms with van der Waals surface area (Å²) in [4.78, 5) is 14.3. The van der Waals surface area contributed by atoms with Gasteiger partial charge in [-0.2, -0.15) is 5.10 Å². The van der Waals surface area contributed by atoms with Crippen LogP contribution in [0.5, 0.6) is 0 Å². The Labute approximate surface area is 102 Å². The molecule has 18 heavy (non-hydrogen) atoms. The fourth-order valence-corrected chi connectivity index (χ4v) is 1.81. The van der Waals surface area contributed by atoms with Crippen LogP contribution in [0.15, 0.2) is 24.4 Å². The maximum absolute atomic E-state index is 10.8. The summed E-state index contributed by atoms with van der Waals surface area (Å²) in [6.07, 6.45) is 4.06. The van der Waals surface area contributed by atoms with E-state index >= 15 is 0 Å². The number of nitrogens with two attached hydrogens (primary N) is 1. The highest BCUT2D eigenvalue weighted by molar-refractivity contribution is 5.47. The van der Waals surface area contributed by atoms with E-state index in [2.05, 4.69) is 10.1 Å². The summed E-state index contributed by atoms with van der Waals surface area (Å²) in [6, 6.07) is 4.50. The van der Waals surface area contributed by atoms with Gasteiger partial charge in [0.05, 0.1) is 22.7 Å². The summed E-state index contributed by atoms with van der Waals surface area (Å²) in [7, 11) is 0. The first-order valence-electron chi connectivity index (χ1n) is 5.61. The average molecular weight is 245 g/mol. The van der Waals surface area contributed by atoms with E-state index in [0.29, 0.717) is 11.7 Å². The van der Waals surface area contributed by atoms with Crippen LogP contribution in [0.4, 0.5) is 11.5 Å². The Morgan fingerprint density at radius 1 is 1.44 bits per heavy atom. The summed E-state index contributed by atoms with van der Waals surface area (Å²) in [5.41, 5.74) is 6.48. The second-order valence-corrected chi connectivity index (χ2v) is 4.32. The second-order valence-electron chi connectivity index (χ2n) is 4.32. The molecule has 1 fully saturated rings. The van der Waals surface area contributed by atoms with Gasteiger partial charge in [0.2, 0.25) is 0 Å². The Hall–Kier alpha value is -2.44. The van der Waals surface area contributed by atoms with Crippen LogP contribution >= 0.6 is 0 Å². The molecule has 7 nitrogen and oxygen atoms in total. The number of pyridine rings is 1. The van der Waals surface area contributed by atoms with Gasteiger partial charge in [-0.15, -0.1) is 0 Å². The number of nitro groups is 1. The van der Waals surface area contributed by atoms with E-state index in [-0.39, 0.29) is 11.5 Å². The van der Waals surface area contributed by atoms with Crippen molar-refractivity contribution in [2.45, 2.75) is 18.8 Å². The van der Waals surface area contributed by atoms with E-state index in [4.69, 9.17) is 5.73 Å². The molecule has 2 aromatic heterocycles. The van der Waals surface area contributed by atoms with Gasteiger partial charge in [-0.1, -0.05) is 0 Å². The zero-order chi connectivity index (χ0) is 12.7. The Balaban J connectivity index is 2.01. The minimum Gasteiger partial charge on any atom is -0.383 e. The van der Waals surface area contributed by atoms with Gasteiger partial charge in [0, 0.05) is 12.1 Å². The molecule has 1 aliphatic rings. The first-order valence-corrected chi connectivity index (χ1v) is 5.61. The molecule has 2 heterocycles. The lowest BCUT2D eigenvalue weighted by atomic mass is 10.3. The van der Waals surface area contributed by atoms with Crippen LogP contribution in [0.2, 0.25) is 0 Å². The van der Waals surface area contributed by atoms with Gasteiger partial charge >= 0.3 is 0 Å². The van der Waals surface area contributed by atoms with Crippen molar-refractivity contribution in [3.63, 3.8) is 0 Å². The normalized spacial score (nSPS) is 14.7. The first kappa shape index (κ1) is 10.7. The number of nitrogens with zero attached hydrogens (tertiary/aromatic N) is 4. The maximum atomic E-state index is 10.8. The Bertz CT molecular complexity index is 618. The predicted molar refractivity (Wildman–Crippen MR) is 64.4 cm³/mol. The predicted octanol–water partition coefficient (Wildman–Crippen LogP) is 1.64. The van der Waals surface area contributed by atoms with Crippen molar-refractivity contribution in [1.29, 1.82) is 0 Å². The fraction of sp³-hybridized carbons (Fsp3) is 0.273. The molecule has 0 amide bonds. The van der Waals surface area contributed by atoms with Gasteiger partial charge in [-0.25, -0.2) is 9.67 Å². The molecule has 3 rings (SSSR count). The summed E-state index contributed by atoms with van der Waals surface area (Å²) in [5, 5.41) is 15.1. The van der Waals surface area contributed by atoms with Crippen LogP contribution in [0, 0.1) is 10.1 Å². The lowest BCUT2D eigenvalue weighted by Gasteiger charge is -2.01. The topological polar surface area (TPSA) is 99.9 Å². The molecule has 0 unspecified atom stereocenters. The zero-order valence-corrected chi connectivity index (χ0v) is 9.48. The molecule has 0 spiro atoms. The van der Waals surface area contributed by atoms with E-state index in [0.717, 1.165) is 18.5 Å². The van der Waals surface area contributed by atoms with E-state index in [9.17, 15) is 10.1 Å². The lowest BCUT2D eigenvalue weighted by molar-refractivity contribution is -0.384. The van der Waals surface area contributed by atoms with E-state index < -0.39 is 4.92 Å². The largest absolute Gasteiger partial charge is 0.383 e. The third-order valence-electron chi connectivity index (χ3n) is 2.87. The standard InChI is InChI=1S/C11H11N5O2/c12-10-5-8(16(17)18)6-11(13-10)15-4-3-9(14-15)7-1-2-7/h3-7H,1-2H2,(H2,12,13). The molecular formula is C11H11N5O2. The van der Waals surface area contributed by atoms with E-state index in [1.165, 1.54) is 16.8 Å². The van der Waals surface area contributed by atoms with Crippen molar-refractivity contribution in [3.8, 4) is 5.82 Å². The molecule has 0 saturated heterocycles. The third kappa shape index (κ3) is 1.90. The smallest absolute Gasteiger partial charge is 0.276 e. The SMILES string of the molecule is Nc1cc([N+](=O)[O-])cc(-n2ccc(C3CC3)n2)n1. The first-order chi connectivity index (χ1) is 8.63. The summed E-state index contributed by atoms with van der Waals surface area (Å²) >= 11 is 0. The monoisotopic (exact) mass is 245 g/mol.